The molecule has 0 spiro atoms. The maximum atomic E-state index is 14.1. The standard InChI is InChI=1S/C24H21FN2O3S/c1-24(2)13-27(26-10-9-18(28)22(29)21(26)23(24)30)20-16-8-7-15(25)11-14(16)12-31-19-6-4-3-5-17(19)20/h3-11,20,29H,12-13H2,1-2H3. The maximum Gasteiger partial charge on any atom is 0.224 e. The highest BCUT2D eigenvalue weighted by molar-refractivity contribution is 7.98. The van der Waals surface area contributed by atoms with Crippen molar-refractivity contribution in [2.24, 2.45) is 5.41 Å². The van der Waals surface area contributed by atoms with Crippen LogP contribution in [0.3, 0.4) is 0 Å². The number of halogens is 1. The van der Waals surface area contributed by atoms with Crippen LogP contribution in [0.5, 0.6) is 5.75 Å². The molecule has 0 fully saturated rings. The van der Waals surface area contributed by atoms with E-state index in [4.69, 9.17) is 0 Å². The Balaban J connectivity index is 1.81. The fourth-order valence-corrected chi connectivity index (χ4v) is 5.56. The normalized spacial score (nSPS) is 19.3. The zero-order valence-corrected chi connectivity index (χ0v) is 17.9. The molecule has 2 aliphatic rings. The van der Waals surface area contributed by atoms with Gasteiger partial charge in [0.05, 0.1) is 6.04 Å². The van der Waals surface area contributed by atoms with Gasteiger partial charge < -0.3 is 5.11 Å². The van der Waals surface area contributed by atoms with Gasteiger partial charge in [-0.05, 0) is 34.9 Å². The van der Waals surface area contributed by atoms with Gasteiger partial charge in [0.2, 0.25) is 5.43 Å². The minimum absolute atomic E-state index is 0.0122. The molecular formula is C24H21FN2O3S. The Morgan fingerprint density at radius 2 is 1.87 bits per heavy atom. The second-order valence-electron chi connectivity index (χ2n) is 8.60. The number of thioether (sulfide) groups is 1. The van der Waals surface area contributed by atoms with Gasteiger partial charge in [-0.1, -0.05) is 38.1 Å². The Kier molecular flexibility index (Phi) is 4.48. The molecular weight excluding hydrogens is 415 g/mol. The lowest BCUT2D eigenvalue weighted by atomic mass is 9.82. The van der Waals surface area contributed by atoms with E-state index < -0.39 is 16.6 Å². The summed E-state index contributed by atoms with van der Waals surface area (Å²) in [4.78, 5) is 26.4. The third-order valence-electron chi connectivity index (χ3n) is 6.01. The first-order valence-electron chi connectivity index (χ1n) is 10.0. The molecule has 0 amide bonds. The summed E-state index contributed by atoms with van der Waals surface area (Å²) in [5.41, 5.74) is 1.42. The predicted molar refractivity (Wildman–Crippen MR) is 118 cm³/mol. The highest BCUT2D eigenvalue weighted by Crippen LogP contribution is 2.44. The van der Waals surface area contributed by atoms with Gasteiger partial charge in [0.1, 0.15) is 5.82 Å². The highest BCUT2D eigenvalue weighted by atomic mass is 32.2. The van der Waals surface area contributed by atoms with Crippen LogP contribution in [0.15, 0.2) is 64.4 Å². The van der Waals surface area contributed by atoms with Crippen LogP contribution in [0, 0.1) is 11.2 Å². The zero-order chi connectivity index (χ0) is 21.9. The van der Waals surface area contributed by atoms with Crippen molar-refractivity contribution in [2.45, 2.75) is 30.5 Å². The summed E-state index contributed by atoms with van der Waals surface area (Å²) in [6, 6.07) is 13.8. The molecule has 7 heteroatoms. The fraction of sp³-hybridized carbons (Fsp3) is 0.250. The van der Waals surface area contributed by atoms with Crippen molar-refractivity contribution in [3.05, 3.63) is 93.2 Å². The van der Waals surface area contributed by atoms with E-state index in [1.807, 2.05) is 43.1 Å². The summed E-state index contributed by atoms with van der Waals surface area (Å²) >= 11 is 1.65. The fourth-order valence-electron chi connectivity index (χ4n) is 4.48. The van der Waals surface area contributed by atoms with Gasteiger partial charge in [-0.25, -0.2) is 4.39 Å². The molecule has 2 aromatic carbocycles. The number of nitrogens with zero attached hydrogens (tertiary/aromatic N) is 2. The largest absolute Gasteiger partial charge is 0.503 e. The van der Waals surface area contributed by atoms with Crippen LogP contribution in [0.1, 0.15) is 47.1 Å². The molecule has 2 aliphatic heterocycles. The SMILES string of the molecule is CC1(C)CN(C2c3ccc(F)cc3CSc3ccccc32)n2ccc(=O)c(O)c2C1=O. The monoisotopic (exact) mass is 436 g/mol. The molecule has 0 saturated heterocycles. The summed E-state index contributed by atoms with van der Waals surface area (Å²) in [5.74, 6) is -0.491. The molecule has 158 valence electrons. The average molecular weight is 437 g/mol. The molecule has 0 radical (unpaired) electrons. The third kappa shape index (κ3) is 3.07. The maximum absolute atomic E-state index is 14.1. The molecule has 31 heavy (non-hydrogen) atoms. The van der Waals surface area contributed by atoms with Crippen LogP contribution in [0.2, 0.25) is 0 Å². The van der Waals surface area contributed by atoms with Gasteiger partial charge in [-0.3, -0.25) is 19.3 Å². The van der Waals surface area contributed by atoms with Crippen LogP contribution in [-0.4, -0.2) is 22.1 Å². The summed E-state index contributed by atoms with van der Waals surface area (Å²) in [6.07, 6.45) is 1.54. The number of carbonyl (C=O) groups excluding carboxylic acids is 1. The van der Waals surface area contributed by atoms with Gasteiger partial charge in [0.25, 0.3) is 0 Å². The van der Waals surface area contributed by atoms with E-state index in [9.17, 15) is 19.1 Å². The van der Waals surface area contributed by atoms with E-state index in [1.54, 1.807) is 28.6 Å². The van der Waals surface area contributed by atoms with Crippen molar-refractivity contribution in [3.8, 4) is 5.75 Å². The summed E-state index contributed by atoms with van der Waals surface area (Å²) in [7, 11) is 0. The molecule has 0 aliphatic carbocycles. The van der Waals surface area contributed by atoms with E-state index in [0.717, 1.165) is 21.6 Å². The number of aromatic hydroxyl groups is 1. The van der Waals surface area contributed by atoms with Crippen LogP contribution in [-0.2, 0) is 5.75 Å². The van der Waals surface area contributed by atoms with Crippen LogP contribution < -0.4 is 10.4 Å². The van der Waals surface area contributed by atoms with Gasteiger partial charge in [-0.15, -0.1) is 11.8 Å². The van der Waals surface area contributed by atoms with Crippen molar-refractivity contribution in [3.63, 3.8) is 0 Å². The molecule has 3 heterocycles. The molecule has 1 aromatic heterocycles. The van der Waals surface area contributed by atoms with E-state index in [1.165, 1.54) is 18.3 Å². The number of fused-ring (bicyclic) bond motifs is 3. The Morgan fingerprint density at radius 3 is 2.68 bits per heavy atom. The average Bonchev–Trinajstić information content (AvgIpc) is 2.89. The van der Waals surface area contributed by atoms with Crippen LogP contribution >= 0.6 is 11.8 Å². The van der Waals surface area contributed by atoms with E-state index >= 15 is 0 Å². The number of pyridine rings is 1. The minimum atomic E-state index is -0.833. The second kappa shape index (κ2) is 6.99. The number of aromatic nitrogens is 1. The topological polar surface area (TPSA) is 62.5 Å². The van der Waals surface area contributed by atoms with Crippen molar-refractivity contribution >= 4 is 17.5 Å². The van der Waals surface area contributed by atoms with E-state index in [-0.39, 0.29) is 23.3 Å². The summed E-state index contributed by atoms with van der Waals surface area (Å²) in [5, 5.41) is 12.5. The first kappa shape index (κ1) is 19.9. The molecule has 0 bridgehead atoms. The van der Waals surface area contributed by atoms with Crippen molar-refractivity contribution < 1.29 is 14.3 Å². The number of Topliss-reactive ketones (excluding diaryl/α,β-unsaturated/α-hetero) is 1. The van der Waals surface area contributed by atoms with Crippen molar-refractivity contribution in [2.75, 3.05) is 11.6 Å². The van der Waals surface area contributed by atoms with Crippen molar-refractivity contribution in [1.29, 1.82) is 0 Å². The molecule has 1 unspecified atom stereocenters. The van der Waals surface area contributed by atoms with Crippen LogP contribution in [0.25, 0.3) is 0 Å². The summed E-state index contributed by atoms with van der Waals surface area (Å²) < 4.78 is 15.7. The summed E-state index contributed by atoms with van der Waals surface area (Å²) in [6.45, 7) is 3.99. The second-order valence-corrected chi connectivity index (χ2v) is 9.62. The van der Waals surface area contributed by atoms with Gasteiger partial charge in [0.15, 0.2) is 17.2 Å². The smallest absolute Gasteiger partial charge is 0.224 e. The Morgan fingerprint density at radius 1 is 1.10 bits per heavy atom. The van der Waals surface area contributed by atoms with Gasteiger partial charge in [0, 0.05) is 34.9 Å². The molecule has 1 atom stereocenters. The minimum Gasteiger partial charge on any atom is -0.503 e. The van der Waals surface area contributed by atoms with Gasteiger partial charge >= 0.3 is 0 Å². The lowest BCUT2D eigenvalue weighted by Crippen LogP contribution is -2.54. The number of hydrogen-bond donors (Lipinski definition) is 1. The molecule has 5 rings (SSSR count). The van der Waals surface area contributed by atoms with E-state index in [2.05, 4.69) is 0 Å². The lowest BCUT2D eigenvalue weighted by molar-refractivity contribution is 0.0786. The van der Waals surface area contributed by atoms with Crippen molar-refractivity contribution in [1.82, 2.24) is 4.68 Å². The van der Waals surface area contributed by atoms with Gasteiger partial charge in [-0.2, -0.15) is 0 Å². The number of carbonyl (C=O) groups is 1. The van der Waals surface area contributed by atoms with Crippen LogP contribution in [0.4, 0.5) is 4.39 Å². The molecule has 1 N–H and O–H groups in total. The number of rotatable bonds is 1. The van der Waals surface area contributed by atoms with E-state index in [0.29, 0.717) is 12.3 Å². The predicted octanol–water partition coefficient (Wildman–Crippen LogP) is 4.25. The number of hydrogen-bond acceptors (Lipinski definition) is 5. The molecule has 5 nitrogen and oxygen atoms in total. The number of benzene rings is 2. The molecule has 0 saturated carbocycles. The first-order chi connectivity index (χ1) is 14.8. The Labute approximate surface area is 183 Å². The zero-order valence-electron chi connectivity index (χ0n) is 17.1. The quantitative estimate of drug-likeness (QED) is 0.618. The first-order valence-corrected chi connectivity index (χ1v) is 11.0. The lowest BCUT2D eigenvalue weighted by Gasteiger charge is -2.45. The number of ketones is 1. The third-order valence-corrected chi connectivity index (χ3v) is 7.15. The Hall–Kier alpha value is -3.06. The highest BCUT2D eigenvalue weighted by Gasteiger charge is 2.44. The molecule has 3 aromatic rings. The Bertz CT molecular complexity index is 1280.